The smallest absolute Gasteiger partial charge is 0.229 e. The minimum atomic E-state index is -3.41. The molecule has 0 aliphatic heterocycles. The molecule has 2 aromatic rings. The van der Waals surface area contributed by atoms with Gasteiger partial charge in [-0.25, -0.2) is 8.42 Å². The number of oxime groups is 1. The molecule has 0 saturated carbocycles. The standard InChI is InChI=1S/C14H14N2O3S/c1-20(18,19)16-13-10-6-5-9-12(13)14(15-17)11-7-3-2-4-8-11/h2-10,16-17H,1H3/b15-14+. The molecule has 0 heterocycles. The van der Waals surface area contributed by atoms with Crippen LogP contribution in [0.25, 0.3) is 0 Å². The SMILES string of the molecule is CS(=O)(=O)Nc1ccccc1/C(=N/O)c1ccccc1. The van der Waals surface area contributed by atoms with E-state index in [1.54, 1.807) is 36.4 Å². The predicted octanol–water partition coefficient (Wildman–Crippen LogP) is 2.28. The van der Waals surface area contributed by atoms with E-state index in [-0.39, 0.29) is 0 Å². The average Bonchev–Trinajstić information content (AvgIpc) is 2.41. The van der Waals surface area contributed by atoms with Crippen LogP contribution in [0.15, 0.2) is 59.8 Å². The molecule has 0 bridgehead atoms. The van der Waals surface area contributed by atoms with E-state index in [4.69, 9.17) is 0 Å². The second-order valence-electron chi connectivity index (χ2n) is 4.23. The van der Waals surface area contributed by atoms with Gasteiger partial charge in [0.2, 0.25) is 10.0 Å². The summed E-state index contributed by atoms with van der Waals surface area (Å²) in [5.41, 5.74) is 1.87. The van der Waals surface area contributed by atoms with Gasteiger partial charge in [0.1, 0.15) is 5.71 Å². The van der Waals surface area contributed by atoms with Crippen molar-refractivity contribution in [1.29, 1.82) is 0 Å². The van der Waals surface area contributed by atoms with E-state index in [0.29, 0.717) is 22.5 Å². The molecule has 20 heavy (non-hydrogen) atoms. The highest BCUT2D eigenvalue weighted by molar-refractivity contribution is 7.92. The summed E-state index contributed by atoms with van der Waals surface area (Å²) in [4.78, 5) is 0. The number of anilines is 1. The van der Waals surface area contributed by atoms with Crippen LogP contribution in [0, 0.1) is 0 Å². The number of nitrogens with zero attached hydrogens (tertiary/aromatic N) is 1. The molecule has 0 aliphatic carbocycles. The lowest BCUT2D eigenvalue weighted by molar-refractivity contribution is 0.319. The Hall–Kier alpha value is -2.34. The van der Waals surface area contributed by atoms with Crippen LogP contribution in [0.1, 0.15) is 11.1 Å². The largest absolute Gasteiger partial charge is 0.410 e. The molecule has 5 nitrogen and oxygen atoms in total. The lowest BCUT2D eigenvalue weighted by Gasteiger charge is -2.11. The molecule has 0 unspecified atom stereocenters. The number of benzene rings is 2. The van der Waals surface area contributed by atoms with Gasteiger partial charge in [0, 0.05) is 11.1 Å². The Kier molecular flexibility index (Phi) is 4.05. The van der Waals surface area contributed by atoms with Gasteiger partial charge in [-0.3, -0.25) is 4.72 Å². The van der Waals surface area contributed by atoms with Crippen molar-refractivity contribution >= 4 is 21.4 Å². The summed E-state index contributed by atoms with van der Waals surface area (Å²) >= 11 is 0. The normalized spacial score (nSPS) is 12.2. The van der Waals surface area contributed by atoms with Crippen LogP contribution in [0.4, 0.5) is 5.69 Å². The zero-order valence-electron chi connectivity index (χ0n) is 10.8. The molecule has 104 valence electrons. The lowest BCUT2D eigenvalue weighted by atomic mass is 10.0. The van der Waals surface area contributed by atoms with E-state index >= 15 is 0 Å². The van der Waals surface area contributed by atoms with Crippen molar-refractivity contribution in [3.63, 3.8) is 0 Å². The summed E-state index contributed by atoms with van der Waals surface area (Å²) in [5, 5.41) is 12.6. The van der Waals surface area contributed by atoms with Gasteiger partial charge in [0.25, 0.3) is 0 Å². The zero-order chi connectivity index (χ0) is 14.6. The molecule has 2 N–H and O–H groups in total. The molecule has 0 amide bonds. The first-order valence-corrected chi connectivity index (χ1v) is 7.75. The van der Waals surface area contributed by atoms with Crippen LogP contribution in [-0.2, 0) is 10.0 Å². The number of sulfonamides is 1. The van der Waals surface area contributed by atoms with Crippen LogP contribution < -0.4 is 4.72 Å². The van der Waals surface area contributed by atoms with Gasteiger partial charge in [-0.15, -0.1) is 0 Å². The highest BCUT2D eigenvalue weighted by Gasteiger charge is 2.14. The number of hydrogen-bond donors (Lipinski definition) is 2. The maximum absolute atomic E-state index is 11.4. The maximum Gasteiger partial charge on any atom is 0.229 e. The van der Waals surface area contributed by atoms with Gasteiger partial charge in [-0.05, 0) is 6.07 Å². The van der Waals surface area contributed by atoms with Gasteiger partial charge < -0.3 is 5.21 Å². The van der Waals surface area contributed by atoms with Gasteiger partial charge in [0.05, 0.1) is 11.9 Å². The lowest BCUT2D eigenvalue weighted by Crippen LogP contribution is -2.14. The van der Waals surface area contributed by atoms with Crippen molar-refractivity contribution in [2.45, 2.75) is 0 Å². The Morgan fingerprint density at radius 3 is 2.25 bits per heavy atom. The van der Waals surface area contributed by atoms with Gasteiger partial charge in [-0.1, -0.05) is 53.7 Å². The fourth-order valence-corrected chi connectivity index (χ4v) is 2.42. The third kappa shape index (κ3) is 3.36. The molecule has 0 aliphatic rings. The Morgan fingerprint density at radius 1 is 1.05 bits per heavy atom. The highest BCUT2D eigenvalue weighted by atomic mass is 32.2. The Morgan fingerprint density at radius 2 is 1.65 bits per heavy atom. The molecule has 0 atom stereocenters. The number of rotatable bonds is 4. The summed E-state index contributed by atoms with van der Waals surface area (Å²) in [5.74, 6) is 0. The van der Waals surface area contributed by atoms with Crippen LogP contribution in [0.2, 0.25) is 0 Å². The van der Waals surface area contributed by atoms with E-state index < -0.39 is 10.0 Å². The molecule has 0 aromatic heterocycles. The minimum Gasteiger partial charge on any atom is -0.410 e. The second kappa shape index (κ2) is 5.75. The fourth-order valence-electron chi connectivity index (χ4n) is 1.84. The third-order valence-corrected chi connectivity index (χ3v) is 3.22. The number of hydrogen-bond acceptors (Lipinski definition) is 4. The van der Waals surface area contributed by atoms with Crippen molar-refractivity contribution < 1.29 is 13.6 Å². The first kappa shape index (κ1) is 14.1. The first-order valence-electron chi connectivity index (χ1n) is 5.86. The van der Waals surface area contributed by atoms with E-state index in [1.165, 1.54) is 0 Å². The molecular formula is C14H14N2O3S. The van der Waals surface area contributed by atoms with E-state index in [2.05, 4.69) is 9.88 Å². The van der Waals surface area contributed by atoms with Crippen LogP contribution in [-0.4, -0.2) is 25.6 Å². The molecule has 0 saturated heterocycles. The van der Waals surface area contributed by atoms with Gasteiger partial charge in [-0.2, -0.15) is 0 Å². The molecule has 2 aromatic carbocycles. The minimum absolute atomic E-state index is 0.303. The highest BCUT2D eigenvalue weighted by Crippen LogP contribution is 2.20. The Balaban J connectivity index is 2.52. The fraction of sp³-hybridized carbons (Fsp3) is 0.0714. The second-order valence-corrected chi connectivity index (χ2v) is 5.98. The van der Waals surface area contributed by atoms with Crippen molar-refractivity contribution in [2.24, 2.45) is 5.16 Å². The summed E-state index contributed by atoms with van der Waals surface area (Å²) in [6.45, 7) is 0. The predicted molar refractivity (Wildman–Crippen MR) is 78.8 cm³/mol. The van der Waals surface area contributed by atoms with E-state index in [1.807, 2.05) is 18.2 Å². The summed E-state index contributed by atoms with van der Waals surface area (Å²) in [6.07, 6.45) is 1.07. The number of para-hydroxylation sites is 1. The molecule has 0 spiro atoms. The van der Waals surface area contributed by atoms with Crippen molar-refractivity contribution in [3.8, 4) is 0 Å². The van der Waals surface area contributed by atoms with Crippen molar-refractivity contribution in [2.75, 3.05) is 11.0 Å². The Labute approximate surface area is 117 Å². The molecule has 2 rings (SSSR count). The molecular weight excluding hydrogens is 276 g/mol. The van der Waals surface area contributed by atoms with Crippen molar-refractivity contribution in [1.82, 2.24) is 0 Å². The zero-order valence-corrected chi connectivity index (χ0v) is 11.6. The molecule has 6 heteroatoms. The van der Waals surface area contributed by atoms with Gasteiger partial charge >= 0.3 is 0 Å². The van der Waals surface area contributed by atoms with Gasteiger partial charge in [0.15, 0.2) is 0 Å². The van der Waals surface area contributed by atoms with Crippen molar-refractivity contribution in [3.05, 3.63) is 65.7 Å². The first-order chi connectivity index (χ1) is 9.51. The summed E-state index contributed by atoms with van der Waals surface area (Å²) < 4.78 is 25.2. The van der Waals surface area contributed by atoms with Crippen LogP contribution in [0.5, 0.6) is 0 Å². The average molecular weight is 290 g/mol. The monoisotopic (exact) mass is 290 g/mol. The van der Waals surface area contributed by atoms with E-state index in [0.717, 1.165) is 6.26 Å². The summed E-state index contributed by atoms with van der Waals surface area (Å²) in [7, 11) is -3.41. The Bertz CT molecular complexity index is 725. The quantitative estimate of drug-likeness (QED) is 0.515. The third-order valence-electron chi connectivity index (χ3n) is 2.62. The number of nitrogens with one attached hydrogen (secondary N) is 1. The topological polar surface area (TPSA) is 78.8 Å². The maximum atomic E-state index is 11.4. The van der Waals surface area contributed by atoms with Crippen LogP contribution in [0.3, 0.4) is 0 Å². The molecule has 0 fully saturated rings. The summed E-state index contributed by atoms with van der Waals surface area (Å²) in [6, 6.07) is 15.8. The molecule has 0 radical (unpaired) electrons. The van der Waals surface area contributed by atoms with E-state index in [9.17, 15) is 13.6 Å². The van der Waals surface area contributed by atoms with Crippen LogP contribution >= 0.6 is 0 Å².